The molecule has 3 aliphatic rings. The van der Waals surface area contributed by atoms with Gasteiger partial charge in [0.05, 0.1) is 0 Å². The number of likely N-dealkylation sites (tertiary alicyclic amines) is 1. The SMILES string of the molecule is O=C1CC=Nc2c1ccnc2-c1csc(NCC2CCN(C3CCCC3)CC2)n1. The van der Waals surface area contributed by atoms with Crippen molar-refractivity contribution in [3.05, 3.63) is 23.2 Å². The van der Waals surface area contributed by atoms with Crippen LogP contribution in [0.15, 0.2) is 22.6 Å². The summed E-state index contributed by atoms with van der Waals surface area (Å²) in [6.07, 6.45) is 11.9. The van der Waals surface area contributed by atoms with Crippen molar-refractivity contribution in [2.45, 2.75) is 51.0 Å². The van der Waals surface area contributed by atoms with Crippen LogP contribution in [0.4, 0.5) is 10.8 Å². The zero-order valence-corrected chi connectivity index (χ0v) is 17.5. The van der Waals surface area contributed by atoms with Gasteiger partial charge in [-0.2, -0.15) is 0 Å². The summed E-state index contributed by atoms with van der Waals surface area (Å²) in [6.45, 7) is 3.46. The molecule has 29 heavy (non-hydrogen) atoms. The molecule has 0 bridgehead atoms. The third-order valence-corrected chi connectivity index (χ3v) is 7.30. The van der Waals surface area contributed by atoms with E-state index in [0.717, 1.165) is 23.4 Å². The lowest BCUT2D eigenvalue weighted by atomic mass is 9.95. The van der Waals surface area contributed by atoms with Crippen molar-refractivity contribution >= 4 is 34.2 Å². The van der Waals surface area contributed by atoms with Crippen LogP contribution in [0.5, 0.6) is 0 Å². The maximum absolute atomic E-state index is 12.1. The molecule has 2 aliphatic heterocycles. The predicted octanol–water partition coefficient (Wildman–Crippen LogP) is 4.56. The minimum Gasteiger partial charge on any atom is -0.361 e. The number of hydrogen-bond acceptors (Lipinski definition) is 7. The van der Waals surface area contributed by atoms with Gasteiger partial charge in [-0.25, -0.2) is 4.98 Å². The first-order chi connectivity index (χ1) is 14.3. The molecule has 152 valence electrons. The molecular weight excluding hydrogens is 382 g/mol. The molecule has 7 heteroatoms. The largest absolute Gasteiger partial charge is 0.361 e. The predicted molar refractivity (Wildman–Crippen MR) is 117 cm³/mol. The topological polar surface area (TPSA) is 70.5 Å². The first-order valence-corrected chi connectivity index (χ1v) is 11.6. The number of hydrogen-bond donors (Lipinski definition) is 1. The lowest BCUT2D eigenvalue weighted by Crippen LogP contribution is -2.41. The van der Waals surface area contributed by atoms with Crippen LogP contribution in [-0.2, 0) is 0 Å². The number of thiazole rings is 1. The van der Waals surface area contributed by atoms with Crippen molar-refractivity contribution in [2.24, 2.45) is 10.9 Å². The lowest BCUT2D eigenvalue weighted by molar-refractivity contribution is 0.100. The van der Waals surface area contributed by atoms with Crippen molar-refractivity contribution in [1.29, 1.82) is 0 Å². The highest BCUT2D eigenvalue weighted by Crippen LogP contribution is 2.35. The number of Topliss-reactive ketones (excluding diaryl/α,β-unsaturated/α-hetero) is 1. The van der Waals surface area contributed by atoms with Gasteiger partial charge in [0.1, 0.15) is 17.1 Å². The highest BCUT2D eigenvalue weighted by molar-refractivity contribution is 7.14. The summed E-state index contributed by atoms with van der Waals surface area (Å²) < 4.78 is 0. The molecule has 0 amide bonds. The van der Waals surface area contributed by atoms with Crippen molar-refractivity contribution in [3.8, 4) is 11.4 Å². The molecule has 1 N–H and O–H groups in total. The van der Waals surface area contributed by atoms with Crippen LogP contribution in [0.1, 0.15) is 55.3 Å². The Labute approximate surface area is 175 Å². The molecule has 0 aromatic carbocycles. The van der Waals surface area contributed by atoms with Crippen molar-refractivity contribution < 1.29 is 4.79 Å². The minimum atomic E-state index is 0.0937. The van der Waals surface area contributed by atoms with Crippen molar-refractivity contribution in [2.75, 3.05) is 25.0 Å². The Hall–Kier alpha value is -2.12. The van der Waals surface area contributed by atoms with Crippen LogP contribution in [-0.4, -0.2) is 52.5 Å². The van der Waals surface area contributed by atoms with Gasteiger partial charge in [-0.05, 0) is 50.8 Å². The van der Waals surface area contributed by atoms with E-state index in [-0.39, 0.29) is 5.78 Å². The highest BCUT2D eigenvalue weighted by atomic mass is 32.1. The molecule has 4 heterocycles. The van der Waals surface area contributed by atoms with Gasteiger partial charge in [0, 0.05) is 42.4 Å². The van der Waals surface area contributed by atoms with Crippen LogP contribution < -0.4 is 5.32 Å². The number of carbonyl (C=O) groups is 1. The average molecular weight is 410 g/mol. The molecule has 2 aromatic rings. The van der Waals surface area contributed by atoms with E-state index >= 15 is 0 Å². The second-order valence-electron chi connectivity index (χ2n) is 8.33. The molecule has 0 spiro atoms. The highest BCUT2D eigenvalue weighted by Gasteiger charge is 2.27. The van der Waals surface area contributed by atoms with Crippen molar-refractivity contribution in [1.82, 2.24) is 14.9 Å². The van der Waals surface area contributed by atoms with E-state index in [2.05, 4.69) is 20.2 Å². The summed E-state index contributed by atoms with van der Waals surface area (Å²) in [5.74, 6) is 0.806. The first-order valence-electron chi connectivity index (χ1n) is 10.8. The second kappa shape index (κ2) is 8.32. The van der Waals surface area contributed by atoms with Crippen molar-refractivity contribution in [3.63, 3.8) is 0 Å². The van der Waals surface area contributed by atoms with Gasteiger partial charge < -0.3 is 10.2 Å². The number of rotatable bonds is 5. The van der Waals surface area contributed by atoms with E-state index in [1.807, 2.05) is 5.38 Å². The Bertz CT molecular complexity index is 910. The second-order valence-corrected chi connectivity index (χ2v) is 9.19. The van der Waals surface area contributed by atoms with E-state index in [1.165, 1.54) is 51.6 Å². The van der Waals surface area contributed by atoms with Crippen LogP contribution in [0.2, 0.25) is 0 Å². The third-order valence-electron chi connectivity index (χ3n) is 6.50. The summed E-state index contributed by atoms with van der Waals surface area (Å²) in [4.78, 5) is 28.4. The van der Waals surface area contributed by atoms with Crippen LogP contribution >= 0.6 is 11.3 Å². The molecule has 2 fully saturated rings. The summed E-state index contributed by atoms with van der Waals surface area (Å²) in [6, 6.07) is 2.60. The Morgan fingerprint density at radius 3 is 2.83 bits per heavy atom. The fourth-order valence-electron chi connectivity index (χ4n) is 4.81. The van der Waals surface area contributed by atoms with Gasteiger partial charge in [0.15, 0.2) is 10.9 Å². The molecule has 1 aliphatic carbocycles. The molecule has 0 unspecified atom stereocenters. The fourth-order valence-corrected chi connectivity index (χ4v) is 5.52. The van der Waals surface area contributed by atoms with E-state index in [9.17, 15) is 4.79 Å². The van der Waals surface area contributed by atoms with Crippen LogP contribution in [0, 0.1) is 5.92 Å². The van der Waals surface area contributed by atoms with Crippen LogP contribution in [0.3, 0.4) is 0 Å². The standard InChI is InChI=1S/C22H27N5OS/c28-19-6-10-23-20-17(19)5-9-24-21(20)18-14-29-22(26-18)25-13-15-7-11-27(12-8-15)16-3-1-2-4-16/h5,9-10,14-16H,1-4,6-8,11-13H2,(H,25,26). The number of nitrogens with zero attached hydrogens (tertiary/aromatic N) is 4. The number of anilines is 1. The molecule has 1 saturated carbocycles. The maximum Gasteiger partial charge on any atom is 0.183 e. The number of fused-ring (bicyclic) bond motifs is 1. The van der Waals surface area contributed by atoms with Gasteiger partial charge in [-0.1, -0.05) is 12.8 Å². The quantitative estimate of drug-likeness (QED) is 0.784. The number of carbonyl (C=O) groups excluding carboxylic acids is 1. The number of aliphatic imine (C=N–C) groups is 1. The number of nitrogens with one attached hydrogen (secondary N) is 1. The molecule has 5 rings (SSSR count). The van der Waals surface area contributed by atoms with Gasteiger partial charge in [0.25, 0.3) is 0 Å². The summed E-state index contributed by atoms with van der Waals surface area (Å²) in [5, 5.41) is 6.46. The Morgan fingerprint density at radius 1 is 1.17 bits per heavy atom. The van der Waals surface area contributed by atoms with E-state index < -0.39 is 0 Å². The third kappa shape index (κ3) is 3.98. The number of pyridine rings is 1. The molecular formula is C22H27N5OS. The van der Waals surface area contributed by atoms with Crippen LogP contribution in [0.25, 0.3) is 11.4 Å². The summed E-state index contributed by atoms with van der Waals surface area (Å²) in [7, 11) is 0. The molecule has 6 nitrogen and oxygen atoms in total. The molecule has 2 aromatic heterocycles. The lowest BCUT2D eigenvalue weighted by Gasteiger charge is -2.36. The number of ketones is 1. The van der Waals surface area contributed by atoms with E-state index in [4.69, 9.17) is 4.98 Å². The average Bonchev–Trinajstić information content (AvgIpc) is 3.45. The van der Waals surface area contributed by atoms with Gasteiger partial charge in [-0.15, -0.1) is 11.3 Å². The van der Waals surface area contributed by atoms with E-state index in [1.54, 1.807) is 29.8 Å². The zero-order valence-electron chi connectivity index (χ0n) is 16.6. The zero-order chi connectivity index (χ0) is 19.6. The smallest absolute Gasteiger partial charge is 0.183 e. The minimum absolute atomic E-state index is 0.0937. The Kier molecular flexibility index (Phi) is 5.42. The van der Waals surface area contributed by atoms with Gasteiger partial charge in [0.2, 0.25) is 0 Å². The Morgan fingerprint density at radius 2 is 2.00 bits per heavy atom. The number of piperidine rings is 1. The normalized spacial score (nSPS) is 20.9. The van der Waals surface area contributed by atoms with Gasteiger partial charge in [-0.3, -0.25) is 14.8 Å². The summed E-state index contributed by atoms with van der Waals surface area (Å²) in [5.41, 5.74) is 2.78. The fraction of sp³-hybridized carbons (Fsp3) is 0.545. The monoisotopic (exact) mass is 409 g/mol. The Balaban J connectivity index is 1.20. The molecule has 1 saturated heterocycles. The maximum atomic E-state index is 12.1. The molecule has 0 radical (unpaired) electrons. The van der Waals surface area contributed by atoms with Gasteiger partial charge >= 0.3 is 0 Å². The summed E-state index contributed by atoms with van der Waals surface area (Å²) >= 11 is 1.60. The molecule has 0 atom stereocenters. The number of aromatic nitrogens is 2. The first kappa shape index (κ1) is 18.9. The van der Waals surface area contributed by atoms with E-state index in [0.29, 0.717) is 29.3 Å².